The van der Waals surface area contributed by atoms with Crippen LogP contribution < -0.4 is 0 Å². The zero-order chi connectivity index (χ0) is 13.9. The Kier molecular flexibility index (Phi) is 3.31. The SMILES string of the molecule is C[C@@H](O)c1ccc(-n2cc(-c3ccccc3)cn2)cn1. The Labute approximate surface area is 117 Å². The van der Waals surface area contributed by atoms with Crippen molar-refractivity contribution in [3.63, 3.8) is 0 Å². The van der Waals surface area contributed by atoms with E-state index in [1.54, 1.807) is 17.8 Å². The van der Waals surface area contributed by atoms with Crippen LogP contribution in [-0.2, 0) is 0 Å². The molecule has 2 aromatic heterocycles. The highest BCUT2D eigenvalue weighted by molar-refractivity contribution is 5.61. The molecule has 0 aliphatic carbocycles. The first-order chi connectivity index (χ1) is 9.74. The van der Waals surface area contributed by atoms with Crippen molar-refractivity contribution in [2.45, 2.75) is 13.0 Å². The zero-order valence-corrected chi connectivity index (χ0v) is 11.1. The van der Waals surface area contributed by atoms with Crippen LogP contribution in [0.4, 0.5) is 0 Å². The topological polar surface area (TPSA) is 50.9 Å². The molecule has 0 bridgehead atoms. The number of aromatic nitrogens is 3. The van der Waals surface area contributed by atoms with Gasteiger partial charge in [-0.25, -0.2) is 4.68 Å². The molecule has 20 heavy (non-hydrogen) atoms. The lowest BCUT2D eigenvalue weighted by Gasteiger charge is -2.05. The number of pyridine rings is 1. The molecular formula is C16H15N3O. The van der Waals surface area contributed by atoms with Gasteiger partial charge in [0.15, 0.2) is 0 Å². The van der Waals surface area contributed by atoms with Gasteiger partial charge in [-0.2, -0.15) is 5.10 Å². The maximum Gasteiger partial charge on any atom is 0.0931 e. The second-order valence-corrected chi connectivity index (χ2v) is 4.66. The van der Waals surface area contributed by atoms with Crippen LogP contribution in [0.5, 0.6) is 0 Å². The summed E-state index contributed by atoms with van der Waals surface area (Å²) in [7, 11) is 0. The summed E-state index contributed by atoms with van der Waals surface area (Å²) < 4.78 is 1.78. The lowest BCUT2D eigenvalue weighted by atomic mass is 10.1. The Morgan fingerprint density at radius 3 is 2.45 bits per heavy atom. The quantitative estimate of drug-likeness (QED) is 0.792. The van der Waals surface area contributed by atoms with Crippen molar-refractivity contribution < 1.29 is 5.11 Å². The van der Waals surface area contributed by atoms with E-state index in [9.17, 15) is 5.11 Å². The van der Waals surface area contributed by atoms with Gasteiger partial charge in [-0.1, -0.05) is 30.3 Å². The van der Waals surface area contributed by atoms with Gasteiger partial charge in [-0.05, 0) is 24.6 Å². The second-order valence-electron chi connectivity index (χ2n) is 4.66. The van der Waals surface area contributed by atoms with Gasteiger partial charge in [0.1, 0.15) is 0 Å². The van der Waals surface area contributed by atoms with Gasteiger partial charge in [0, 0.05) is 11.8 Å². The predicted molar refractivity (Wildman–Crippen MR) is 77.4 cm³/mol. The van der Waals surface area contributed by atoms with E-state index in [-0.39, 0.29) is 0 Å². The van der Waals surface area contributed by atoms with E-state index in [1.165, 1.54) is 0 Å². The Balaban J connectivity index is 1.90. The smallest absolute Gasteiger partial charge is 0.0931 e. The lowest BCUT2D eigenvalue weighted by Crippen LogP contribution is -1.99. The van der Waals surface area contributed by atoms with Crippen molar-refractivity contribution in [1.29, 1.82) is 0 Å². The molecule has 4 heteroatoms. The van der Waals surface area contributed by atoms with E-state index in [2.05, 4.69) is 22.2 Å². The normalized spacial score (nSPS) is 12.3. The number of rotatable bonds is 3. The third kappa shape index (κ3) is 2.46. The summed E-state index contributed by atoms with van der Waals surface area (Å²) in [4.78, 5) is 4.23. The first kappa shape index (κ1) is 12.6. The standard InChI is InChI=1S/C16H15N3O/c1-12(20)16-8-7-15(10-17-16)19-11-14(9-18-19)13-5-3-2-4-6-13/h2-12,20H,1H3/t12-/m1/s1. The fraction of sp³-hybridized carbons (Fsp3) is 0.125. The zero-order valence-electron chi connectivity index (χ0n) is 11.1. The number of hydrogen-bond donors (Lipinski definition) is 1. The molecule has 0 aliphatic rings. The molecule has 0 saturated heterocycles. The van der Waals surface area contributed by atoms with Crippen molar-refractivity contribution in [2.24, 2.45) is 0 Å². The van der Waals surface area contributed by atoms with Crippen molar-refractivity contribution in [3.05, 3.63) is 66.7 Å². The number of nitrogens with zero attached hydrogens (tertiary/aromatic N) is 3. The van der Waals surface area contributed by atoms with Gasteiger partial charge < -0.3 is 5.11 Å². The molecule has 0 spiro atoms. The molecule has 0 unspecified atom stereocenters. The van der Waals surface area contributed by atoms with Crippen LogP contribution in [0.3, 0.4) is 0 Å². The second kappa shape index (κ2) is 5.27. The van der Waals surface area contributed by atoms with E-state index >= 15 is 0 Å². The molecule has 0 fully saturated rings. The summed E-state index contributed by atoms with van der Waals surface area (Å²) >= 11 is 0. The van der Waals surface area contributed by atoms with Crippen molar-refractivity contribution >= 4 is 0 Å². The summed E-state index contributed by atoms with van der Waals surface area (Å²) in [6.45, 7) is 1.70. The van der Waals surface area contributed by atoms with Crippen molar-refractivity contribution in [1.82, 2.24) is 14.8 Å². The minimum Gasteiger partial charge on any atom is -0.387 e. The highest BCUT2D eigenvalue weighted by Gasteiger charge is 2.05. The van der Waals surface area contributed by atoms with Gasteiger partial charge >= 0.3 is 0 Å². The van der Waals surface area contributed by atoms with Crippen LogP contribution >= 0.6 is 0 Å². The Bertz CT molecular complexity index is 687. The molecule has 100 valence electrons. The van der Waals surface area contributed by atoms with Crippen molar-refractivity contribution in [2.75, 3.05) is 0 Å². The van der Waals surface area contributed by atoms with E-state index < -0.39 is 6.10 Å². The first-order valence-electron chi connectivity index (χ1n) is 6.48. The average molecular weight is 265 g/mol. The minimum absolute atomic E-state index is 0.554. The Morgan fingerprint density at radius 1 is 1.00 bits per heavy atom. The average Bonchev–Trinajstić information content (AvgIpc) is 2.98. The number of aliphatic hydroxyl groups excluding tert-OH is 1. The maximum absolute atomic E-state index is 9.45. The molecule has 1 atom stereocenters. The van der Waals surface area contributed by atoms with Gasteiger partial charge in [0.2, 0.25) is 0 Å². The first-order valence-corrected chi connectivity index (χ1v) is 6.48. The molecule has 1 N–H and O–H groups in total. The summed E-state index contributed by atoms with van der Waals surface area (Å²) in [6, 6.07) is 13.8. The summed E-state index contributed by atoms with van der Waals surface area (Å²) in [5.41, 5.74) is 3.72. The molecule has 0 amide bonds. The van der Waals surface area contributed by atoms with Gasteiger partial charge in [-0.3, -0.25) is 4.98 Å². The Morgan fingerprint density at radius 2 is 1.80 bits per heavy atom. The van der Waals surface area contributed by atoms with Crippen LogP contribution in [0.25, 0.3) is 16.8 Å². The molecule has 0 aliphatic heterocycles. The number of aliphatic hydroxyl groups is 1. The summed E-state index contributed by atoms with van der Waals surface area (Å²) in [5, 5.41) is 13.8. The number of benzene rings is 1. The molecular weight excluding hydrogens is 250 g/mol. The molecule has 3 aromatic rings. The Hall–Kier alpha value is -2.46. The van der Waals surface area contributed by atoms with Gasteiger partial charge in [0.25, 0.3) is 0 Å². The van der Waals surface area contributed by atoms with Crippen LogP contribution in [0.15, 0.2) is 61.1 Å². The van der Waals surface area contributed by atoms with Crippen LogP contribution in [0, 0.1) is 0 Å². The predicted octanol–water partition coefficient (Wildman–Crippen LogP) is 2.99. The third-order valence-corrected chi connectivity index (χ3v) is 3.15. The molecule has 0 saturated carbocycles. The van der Waals surface area contributed by atoms with Gasteiger partial charge in [-0.15, -0.1) is 0 Å². The van der Waals surface area contributed by atoms with Gasteiger partial charge in [0.05, 0.1) is 29.9 Å². The third-order valence-electron chi connectivity index (χ3n) is 3.15. The van der Waals surface area contributed by atoms with E-state index in [1.807, 2.05) is 42.7 Å². The highest BCUT2D eigenvalue weighted by Crippen LogP contribution is 2.19. The van der Waals surface area contributed by atoms with Crippen molar-refractivity contribution in [3.8, 4) is 16.8 Å². The summed E-state index contributed by atoms with van der Waals surface area (Å²) in [5.74, 6) is 0. The monoisotopic (exact) mass is 265 g/mol. The molecule has 3 rings (SSSR count). The van der Waals surface area contributed by atoms with E-state index in [0.717, 1.165) is 16.8 Å². The minimum atomic E-state index is -0.554. The van der Waals surface area contributed by atoms with E-state index in [0.29, 0.717) is 5.69 Å². The van der Waals surface area contributed by atoms with Crippen LogP contribution in [-0.4, -0.2) is 19.9 Å². The number of hydrogen-bond acceptors (Lipinski definition) is 3. The van der Waals surface area contributed by atoms with Crippen LogP contribution in [0.1, 0.15) is 18.7 Å². The summed E-state index contributed by atoms with van der Waals surface area (Å²) in [6.07, 6.45) is 4.96. The fourth-order valence-electron chi connectivity index (χ4n) is 2.02. The fourth-order valence-corrected chi connectivity index (χ4v) is 2.02. The van der Waals surface area contributed by atoms with E-state index in [4.69, 9.17) is 0 Å². The molecule has 0 radical (unpaired) electrons. The maximum atomic E-state index is 9.45. The molecule has 2 heterocycles. The molecule has 1 aromatic carbocycles. The lowest BCUT2D eigenvalue weighted by molar-refractivity contribution is 0.194. The largest absolute Gasteiger partial charge is 0.387 e. The molecule has 4 nitrogen and oxygen atoms in total. The van der Waals surface area contributed by atoms with Crippen LogP contribution in [0.2, 0.25) is 0 Å². The highest BCUT2D eigenvalue weighted by atomic mass is 16.3.